The number of fused-ring (bicyclic) bond motifs is 1. The van der Waals surface area contributed by atoms with Crippen molar-refractivity contribution in [1.29, 1.82) is 0 Å². The number of aryl methyl sites for hydroxylation is 1. The first-order chi connectivity index (χ1) is 11.0. The average molecular weight is 343 g/mol. The molecule has 4 N–H and O–H groups in total. The van der Waals surface area contributed by atoms with Gasteiger partial charge in [0, 0.05) is 13.2 Å². The summed E-state index contributed by atoms with van der Waals surface area (Å²) in [5, 5.41) is 0. The molecule has 0 aliphatic heterocycles. The zero-order valence-electron chi connectivity index (χ0n) is 12.8. The van der Waals surface area contributed by atoms with Crippen LogP contribution >= 0.6 is 7.60 Å². The molecule has 2 aromatic rings. The van der Waals surface area contributed by atoms with E-state index in [4.69, 9.17) is 20.3 Å². The Morgan fingerprint density at radius 1 is 1.13 bits per heavy atom. The summed E-state index contributed by atoms with van der Waals surface area (Å²) in [4.78, 5) is 29.6. The summed E-state index contributed by atoms with van der Waals surface area (Å²) >= 11 is 0. The van der Waals surface area contributed by atoms with Crippen molar-refractivity contribution in [3.63, 3.8) is 0 Å². The molecule has 0 aliphatic carbocycles. The number of nitrogens with two attached hydrogens (primary N) is 1. The van der Waals surface area contributed by atoms with Crippen LogP contribution in [0.3, 0.4) is 0 Å². The fourth-order valence-corrected chi connectivity index (χ4v) is 2.63. The van der Waals surface area contributed by atoms with Crippen molar-refractivity contribution >= 4 is 24.6 Å². The Labute approximate surface area is 134 Å². The lowest BCUT2D eigenvalue weighted by Crippen LogP contribution is -2.00. The van der Waals surface area contributed by atoms with Crippen LogP contribution in [0.4, 0.5) is 5.82 Å². The van der Waals surface area contributed by atoms with Crippen molar-refractivity contribution < 1.29 is 19.1 Å². The predicted octanol–water partition coefficient (Wildman–Crippen LogP) is 1.51. The summed E-state index contributed by atoms with van der Waals surface area (Å²) in [6.07, 6.45) is 7.55. The first-order valence-electron chi connectivity index (χ1n) is 7.51. The third-order valence-electron chi connectivity index (χ3n) is 3.38. The van der Waals surface area contributed by atoms with E-state index in [1.54, 1.807) is 6.33 Å². The van der Waals surface area contributed by atoms with Crippen molar-refractivity contribution in [1.82, 2.24) is 19.5 Å². The molecule has 23 heavy (non-hydrogen) atoms. The number of hydrogen-bond acceptors (Lipinski definition) is 6. The molecule has 0 bridgehead atoms. The Bertz CT molecular complexity index is 671. The summed E-state index contributed by atoms with van der Waals surface area (Å²) in [6.45, 7) is 1.20. The highest BCUT2D eigenvalue weighted by molar-refractivity contribution is 7.51. The van der Waals surface area contributed by atoms with Crippen molar-refractivity contribution in [2.75, 3.05) is 18.7 Å². The molecule has 128 valence electrons. The van der Waals surface area contributed by atoms with Crippen LogP contribution in [0, 0.1) is 0 Å². The van der Waals surface area contributed by atoms with Gasteiger partial charge in [-0.15, -0.1) is 0 Å². The van der Waals surface area contributed by atoms with E-state index < -0.39 is 13.9 Å². The number of rotatable bonds is 10. The molecule has 0 aromatic carbocycles. The number of hydrogen-bond donors (Lipinski definition) is 3. The van der Waals surface area contributed by atoms with E-state index in [2.05, 4.69) is 15.0 Å². The summed E-state index contributed by atoms with van der Waals surface area (Å²) in [7, 11) is -4.03. The maximum absolute atomic E-state index is 10.6. The molecule has 2 aromatic heterocycles. The molecule has 0 unspecified atom stereocenters. The van der Waals surface area contributed by atoms with Gasteiger partial charge in [0.15, 0.2) is 11.5 Å². The monoisotopic (exact) mass is 343 g/mol. The van der Waals surface area contributed by atoms with Crippen LogP contribution in [-0.2, 0) is 15.8 Å². The maximum atomic E-state index is 10.6. The molecule has 0 amide bonds. The molecule has 0 aliphatic rings. The van der Waals surface area contributed by atoms with E-state index in [9.17, 15) is 4.57 Å². The van der Waals surface area contributed by atoms with Gasteiger partial charge in [-0.05, 0) is 12.8 Å². The molecule has 0 fully saturated rings. The highest BCUT2D eigenvalue weighted by Gasteiger charge is 2.11. The summed E-state index contributed by atoms with van der Waals surface area (Å²) < 4.78 is 17.5. The second kappa shape index (κ2) is 8.35. The third-order valence-corrected chi connectivity index (χ3v) is 3.90. The smallest absolute Gasteiger partial charge is 0.350 e. The van der Waals surface area contributed by atoms with E-state index in [1.807, 2.05) is 4.57 Å². The van der Waals surface area contributed by atoms with Crippen LogP contribution in [0.5, 0.6) is 0 Å². The van der Waals surface area contributed by atoms with Crippen LogP contribution in [0.1, 0.15) is 32.1 Å². The van der Waals surface area contributed by atoms with Crippen LogP contribution in [0.2, 0.25) is 0 Å². The molecule has 0 saturated carbocycles. The topological polar surface area (TPSA) is 136 Å². The van der Waals surface area contributed by atoms with Gasteiger partial charge in [0.25, 0.3) is 0 Å². The summed E-state index contributed by atoms with van der Waals surface area (Å²) in [5.74, 6) is 0.393. The Morgan fingerprint density at radius 2 is 1.87 bits per heavy atom. The molecule has 0 radical (unpaired) electrons. The molecular weight excluding hydrogens is 321 g/mol. The predicted molar refractivity (Wildman–Crippen MR) is 85.7 cm³/mol. The highest BCUT2D eigenvalue weighted by Crippen LogP contribution is 2.33. The van der Waals surface area contributed by atoms with Gasteiger partial charge in [-0.3, -0.25) is 4.57 Å². The van der Waals surface area contributed by atoms with Crippen molar-refractivity contribution in [2.45, 2.75) is 38.6 Å². The Kier molecular flexibility index (Phi) is 6.47. The third kappa shape index (κ3) is 5.87. The fraction of sp³-hybridized carbons (Fsp3) is 0.615. The molecule has 10 heteroatoms. The zero-order valence-corrected chi connectivity index (χ0v) is 13.7. The highest BCUT2D eigenvalue weighted by atomic mass is 31.2. The Hall–Kier alpha value is -1.54. The summed E-state index contributed by atoms with van der Waals surface area (Å²) in [5.41, 5.74) is 7.13. The minimum Gasteiger partial charge on any atom is -0.382 e. The van der Waals surface area contributed by atoms with Crippen molar-refractivity contribution in [3.8, 4) is 0 Å². The number of imidazole rings is 1. The van der Waals surface area contributed by atoms with Gasteiger partial charge in [0.2, 0.25) is 0 Å². The van der Waals surface area contributed by atoms with E-state index in [-0.39, 0.29) is 0 Å². The lowest BCUT2D eigenvalue weighted by atomic mass is 10.1. The van der Waals surface area contributed by atoms with E-state index in [0.717, 1.165) is 44.3 Å². The number of unbranched alkanes of at least 4 members (excludes halogenated alkanes) is 4. The largest absolute Gasteiger partial charge is 0.382 e. The van der Waals surface area contributed by atoms with E-state index >= 15 is 0 Å². The second-order valence-electron chi connectivity index (χ2n) is 5.34. The fourth-order valence-electron chi connectivity index (χ4n) is 2.26. The molecular formula is C13H22N5O4P. The van der Waals surface area contributed by atoms with E-state index in [0.29, 0.717) is 17.9 Å². The molecule has 0 atom stereocenters. The first kappa shape index (κ1) is 17.8. The van der Waals surface area contributed by atoms with Gasteiger partial charge in [-0.25, -0.2) is 15.0 Å². The number of anilines is 1. The normalized spacial score (nSPS) is 12.1. The number of nitrogens with zero attached hydrogens (tertiary/aromatic N) is 4. The van der Waals surface area contributed by atoms with Crippen molar-refractivity contribution in [2.24, 2.45) is 0 Å². The van der Waals surface area contributed by atoms with Gasteiger partial charge in [0.1, 0.15) is 18.2 Å². The molecule has 0 saturated heterocycles. The van der Waals surface area contributed by atoms with E-state index in [1.165, 1.54) is 6.33 Å². The number of nitrogen functional groups attached to an aromatic ring is 1. The quantitative estimate of drug-likeness (QED) is 0.436. The molecule has 2 heterocycles. The number of ether oxygens (including phenoxy) is 1. The van der Waals surface area contributed by atoms with Gasteiger partial charge >= 0.3 is 7.60 Å². The SMILES string of the molecule is Nc1ncnc2c1ncn2CCCCCCCOCP(=O)(O)O. The van der Waals surface area contributed by atoms with Crippen LogP contribution in [0.15, 0.2) is 12.7 Å². The minimum absolute atomic E-state index is 0.382. The summed E-state index contributed by atoms with van der Waals surface area (Å²) in [6, 6.07) is 0. The van der Waals surface area contributed by atoms with Crippen LogP contribution in [-0.4, -0.2) is 42.3 Å². The van der Waals surface area contributed by atoms with Gasteiger partial charge in [-0.2, -0.15) is 0 Å². The maximum Gasteiger partial charge on any atom is 0.350 e. The lowest BCUT2D eigenvalue weighted by molar-refractivity contribution is 0.152. The van der Waals surface area contributed by atoms with Gasteiger partial charge < -0.3 is 24.8 Å². The Balaban J connectivity index is 1.59. The molecule has 2 rings (SSSR count). The molecule has 9 nitrogen and oxygen atoms in total. The molecule has 0 spiro atoms. The van der Waals surface area contributed by atoms with Crippen LogP contribution in [0.25, 0.3) is 11.2 Å². The van der Waals surface area contributed by atoms with Gasteiger partial charge in [-0.1, -0.05) is 19.3 Å². The van der Waals surface area contributed by atoms with Crippen LogP contribution < -0.4 is 5.73 Å². The Morgan fingerprint density at radius 3 is 2.65 bits per heavy atom. The minimum atomic E-state index is -4.03. The first-order valence-corrected chi connectivity index (χ1v) is 9.31. The van der Waals surface area contributed by atoms with Gasteiger partial charge in [0.05, 0.1) is 6.33 Å². The van der Waals surface area contributed by atoms with Crippen molar-refractivity contribution in [3.05, 3.63) is 12.7 Å². The number of aromatic nitrogens is 4. The second-order valence-corrected chi connectivity index (χ2v) is 6.93. The lowest BCUT2D eigenvalue weighted by Gasteiger charge is -2.06. The average Bonchev–Trinajstić information content (AvgIpc) is 2.89. The standard InChI is InChI=1S/C13H22N5O4P/c14-12-11-13(16-8-15-12)18(9-17-11)6-4-2-1-3-5-7-22-10-23(19,20)21/h8-9H,1-7,10H2,(H2,14,15,16)(H2,19,20,21). The zero-order chi connectivity index (χ0) is 16.7.